The number of nitrogens with one attached hydrogen (secondary N) is 2. The second kappa shape index (κ2) is 9.14. The third-order valence-electron chi connectivity index (χ3n) is 4.86. The highest BCUT2D eigenvalue weighted by molar-refractivity contribution is 9.10. The maximum absolute atomic E-state index is 12.7. The fourth-order valence-electron chi connectivity index (χ4n) is 3.14. The summed E-state index contributed by atoms with van der Waals surface area (Å²) in [5, 5.41) is 6.57. The quantitative estimate of drug-likeness (QED) is 0.388. The van der Waals surface area contributed by atoms with Gasteiger partial charge in [0.25, 0.3) is 0 Å². The number of carbonyl (C=O) groups excluding carboxylic acids is 1. The van der Waals surface area contributed by atoms with Gasteiger partial charge in [0, 0.05) is 14.9 Å². The van der Waals surface area contributed by atoms with E-state index in [1.165, 1.54) is 11.3 Å². The Hall–Kier alpha value is -2.44. The summed E-state index contributed by atoms with van der Waals surface area (Å²) in [6, 6.07) is 15.8. The van der Waals surface area contributed by atoms with Crippen molar-refractivity contribution in [3.8, 4) is 11.3 Å². The Morgan fingerprint density at radius 1 is 1.20 bits per heavy atom. The van der Waals surface area contributed by atoms with Crippen LogP contribution in [0, 0.1) is 0 Å². The molecule has 0 saturated carbocycles. The van der Waals surface area contributed by atoms with Crippen LogP contribution in [0.5, 0.6) is 0 Å². The van der Waals surface area contributed by atoms with Crippen LogP contribution in [0.3, 0.4) is 0 Å². The van der Waals surface area contributed by atoms with Gasteiger partial charge in [0.05, 0.1) is 11.2 Å². The lowest BCUT2D eigenvalue weighted by atomic mass is 9.92. The fraction of sp³-hybridized carbons (Fsp3) is 0.250. The van der Waals surface area contributed by atoms with Gasteiger partial charge in [0.2, 0.25) is 0 Å². The molecule has 1 aromatic heterocycles. The minimum absolute atomic E-state index is 0.278. The van der Waals surface area contributed by atoms with E-state index >= 15 is 0 Å². The van der Waals surface area contributed by atoms with Crippen LogP contribution in [0.4, 0.5) is 9.93 Å². The van der Waals surface area contributed by atoms with E-state index in [1.807, 2.05) is 63.2 Å². The van der Waals surface area contributed by atoms with Crippen molar-refractivity contribution < 1.29 is 4.79 Å². The summed E-state index contributed by atoms with van der Waals surface area (Å²) in [6.45, 7) is 12.0. The third-order valence-corrected chi connectivity index (χ3v) is 6.50. The molecule has 156 valence electrons. The molecule has 1 heterocycles. The largest absolute Gasteiger partial charge is 0.329 e. The molecule has 3 rings (SSSR count). The number of hydrogen-bond acceptors (Lipinski definition) is 3. The summed E-state index contributed by atoms with van der Waals surface area (Å²) in [6.07, 6.45) is 0.853. The van der Waals surface area contributed by atoms with E-state index in [2.05, 4.69) is 51.1 Å². The standard InChI is InChI=1S/C24H26BrN3OS/c1-6-20-21(16-10-12-19(25)13-11-16)26-23(30-20)27-22(29)28-24(4,5)18-9-7-8-17(14-18)15(2)3/h7-14H,2,6H2,1,3-5H3,(H2,26,27,28,29). The normalized spacial score (nSPS) is 11.2. The first kappa shape index (κ1) is 22.2. The zero-order valence-electron chi connectivity index (χ0n) is 17.7. The van der Waals surface area contributed by atoms with Gasteiger partial charge in [0.1, 0.15) is 0 Å². The van der Waals surface area contributed by atoms with Crippen molar-refractivity contribution in [3.63, 3.8) is 0 Å². The molecule has 0 fully saturated rings. The number of benzene rings is 2. The van der Waals surface area contributed by atoms with Crippen LogP contribution in [0.1, 0.15) is 43.7 Å². The number of aromatic nitrogens is 1. The van der Waals surface area contributed by atoms with Gasteiger partial charge in [-0.3, -0.25) is 5.32 Å². The summed E-state index contributed by atoms with van der Waals surface area (Å²) in [7, 11) is 0. The lowest BCUT2D eigenvalue weighted by Crippen LogP contribution is -2.43. The van der Waals surface area contributed by atoms with E-state index in [4.69, 9.17) is 0 Å². The number of thiazole rings is 1. The zero-order valence-corrected chi connectivity index (χ0v) is 20.1. The molecule has 0 aliphatic heterocycles. The van der Waals surface area contributed by atoms with Gasteiger partial charge in [0.15, 0.2) is 5.13 Å². The van der Waals surface area contributed by atoms with E-state index in [9.17, 15) is 4.79 Å². The zero-order chi connectivity index (χ0) is 21.9. The van der Waals surface area contributed by atoms with Crippen molar-refractivity contribution in [2.75, 3.05) is 5.32 Å². The van der Waals surface area contributed by atoms with Gasteiger partial charge >= 0.3 is 6.03 Å². The fourth-order valence-corrected chi connectivity index (χ4v) is 4.32. The average molecular weight is 484 g/mol. The Morgan fingerprint density at radius 2 is 1.90 bits per heavy atom. The Kier molecular flexibility index (Phi) is 6.78. The van der Waals surface area contributed by atoms with Crippen molar-refractivity contribution in [3.05, 3.63) is 75.6 Å². The van der Waals surface area contributed by atoms with Crippen LogP contribution >= 0.6 is 27.3 Å². The molecule has 2 N–H and O–H groups in total. The molecule has 0 bridgehead atoms. The van der Waals surface area contributed by atoms with Crippen molar-refractivity contribution >= 4 is 44.0 Å². The van der Waals surface area contributed by atoms with E-state index in [-0.39, 0.29) is 6.03 Å². The van der Waals surface area contributed by atoms with E-state index in [0.29, 0.717) is 5.13 Å². The average Bonchev–Trinajstić information content (AvgIpc) is 3.10. The van der Waals surface area contributed by atoms with Crippen LogP contribution in [-0.2, 0) is 12.0 Å². The minimum Gasteiger partial charge on any atom is -0.329 e. The second-order valence-corrected chi connectivity index (χ2v) is 9.72. The monoisotopic (exact) mass is 483 g/mol. The van der Waals surface area contributed by atoms with Crippen molar-refractivity contribution in [1.29, 1.82) is 0 Å². The number of rotatable bonds is 6. The summed E-state index contributed by atoms with van der Waals surface area (Å²) in [5.74, 6) is 0. The van der Waals surface area contributed by atoms with Crippen LogP contribution in [0.25, 0.3) is 16.8 Å². The van der Waals surface area contributed by atoms with Gasteiger partial charge in [-0.2, -0.15) is 0 Å². The lowest BCUT2D eigenvalue weighted by Gasteiger charge is -2.27. The van der Waals surface area contributed by atoms with E-state index in [1.54, 1.807) is 0 Å². The van der Waals surface area contributed by atoms with Crippen molar-refractivity contribution in [2.24, 2.45) is 0 Å². The maximum Gasteiger partial charge on any atom is 0.321 e. The number of hydrogen-bond donors (Lipinski definition) is 2. The molecule has 4 nitrogen and oxygen atoms in total. The first-order valence-corrected chi connectivity index (χ1v) is 11.4. The summed E-state index contributed by atoms with van der Waals surface area (Å²) >= 11 is 4.97. The van der Waals surface area contributed by atoms with Crippen LogP contribution in [0.15, 0.2) is 59.6 Å². The first-order chi connectivity index (χ1) is 14.2. The molecule has 2 aromatic carbocycles. The number of urea groups is 1. The van der Waals surface area contributed by atoms with Crippen LogP contribution in [-0.4, -0.2) is 11.0 Å². The van der Waals surface area contributed by atoms with Crippen LogP contribution in [0.2, 0.25) is 0 Å². The van der Waals surface area contributed by atoms with Gasteiger partial charge in [-0.1, -0.05) is 65.3 Å². The lowest BCUT2D eigenvalue weighted by molar-refractivity contribution is 0.242. The number of amides is 2. The highest BCUT2D eigenvalue weighted by Gasteiger charge is 2.24. The predicted octanol–water partition coefficient (Wildman–Crippen LogP) is 7.22. The number of allylic oxidation sites excluding steroid dienone is 1. The Bertz CT molecular complexity index is 1070. The van der Waals surface area contributed by atoms with Gasteiger partial charge in [-0.25, -0.2) is 9.78 Å². The Labute approximate surface area is 190 Å². The third kappa shape index (κ3) is 5.18. The number of carbonyl (C=O) groups is 1. The van der Waals surface area contributed by atoms with Gasteiger partial charge in [-0.15, -0.1) is 11.3 Å². The molecule has 2 amide bonds. The summed E-state index contributed by atoms with van der Waals surface area (Å²) in [5.41, 5.74) is 4.48. The summed E-state index contributed by atoms with van der Waals surface area (Å²) in [4.78, 5) is 18.6. The molecule has 0 saturated heterocycles. The van der Waals surface area contributed by atoms with Crippen molar-refractivity contribution in [1.82, 2.24) is 10.3 Å². The van der Waals surface area contributed by atoms with E-state index in [0.717, 1.165) is 43.7 Å². The highest BCUT2D eigenvalue weighted by Crippen LogP contribution is 2.32. The molecule has 0 atom stereocenters. The van der Waals surface area contributed by atoms with Gasteiger partial charge in [-0.05, 0) is 56.5 Å². The molecule has 0 spiro atoms. The number of aryl methyl sites for hydroxylation is 1. The molecule has 0 aliphatic rings. The predicted molar refractivity (Wildman–Crippen MR) is 131 cm³/mol. The molecule has 0 aliphatic carbocycles. The SMILES string of the molecule is C=C(C)c1cccc(C(C)(C)NC(=O)Nc2nc(-c3ccc(Br)cc3)c(CC)s2)c1. The number of anilines is 1. The molecule has 0 radical (unpaired) electrons. The smallest absolute Gasteiger partial charge is 0.321 e. The molecule has 0 unspecified atom stereocenters. The first-order valence-electron chi connectivity index (χ1n) is 9.81. The Morgan fingerprint density at radius 3 is 2.53 bits per heavy atom. The molecular weight excluding hydrogens is 458 g/mol. The van der Waals surface area contributed by atoms with Crippen molar-refractivity contribution in [2.45, 2.75) is 39.7 Å². The highest BCUT2D eigenvalue weighted by atomic mass is 79.9. The maximum atomic E-state index is 12.7. The Balaban J connectivity index is 1.76. The minimum atomic E-state index is -0.547. The number of halogens is 1. The van der Waals surface area contributed by atoms with Gasteiger partial charge < -0.3 is 5.32 Å². The number of nitrogens with zero attached hydrogens (tertiary/aromatic N) is 1. The topological polar surface area (TPSA) is 54.0 Å². The molecule has 30 heavy (non-hydrogen) atoms. The van der Waals surface area contributed by atoms with Crippen LogP contribution < -0.4 is 10.6 Å². The second-order valence-electron chi connectivity index (χ2n) is 7.72. The molecule has 6 heteroatoms. The van der Waals surface area contributed by atoms with E-state index < -0.39 is 5.54 Å². The molecular formula is C24H26BrN3OS. The molecule has 3 aromatic rings. The summed E-state index contributed by atoms with van der Waals surface area (Å²) < 4.78 is 1.02.